The molecular formula is C7H7AsBr. The fourth-order valence-corrected chi connectivity index (χ4v) is 2.45. The quantitative estimate of drug-likeness (QED) is 0.663. The Morgan fingerprint density at radius 3 is 2.67 bits per heavy atom. The summed E-state index contributed by atoms with van der Waals surface area (Å²) in [5.74, 6) is 0. The number of hydrogen-bond acceptors (Lipinski definition) is 0. The molecule has 0 fully saturated rings. The number of benzene rings is 1. The molecule has 0 N–H and O–H groups in total. The summed E-state index contributed by atoms with van der Waals surface area (Å²) in [6.45, 7) is 0. The molecule has 1 aromatic rings. The summed E-state index contributed by atoms with van der Waals surface area (Å²) < 4.78 is 2.66. The van der Waals surface area contributed by atoms with Crippen LogP contribution in [0.4, 0.5) is 0 Å². The van der Waals surface area contributed by atoms with Crippen molar-refractivity contribution in [3.05, 3.63) is 28.7 Å². The van der Waals surface area contributed by atoms with E-state index < -0.39 is 0 Å². The Kier molecular flexibility index (Phi) is 2.81. The van der Waals surface area contributed by atoms with E-state index in [0.717, 1.165) is 0 Å². The van der Waals surface area contributed by atoms with Gasteiger partial charge in [0.05, 0.1) is 0 Å². The molecule has 47 valence electrons. The second-order valence-corrected chi connectivity index (χ2v) is 4.64. The van der Waals surface area contributed by atoms with Gasteiger partial charge in [-0.25, -0.2) is 0 Å². The van der Waals surface area contributed by atoms with Gasteiger partial charge in [-0.2, -0.15) is 0 Å². The van der Waals surface area contributed by atoms with E-state index in [1.807, 2.05) is 0 Å². The van der Waals surface area contributed by atoms with Crippen LogP contribution in [0.15, 0.2) is 28.7 Å². The fourth-order valence-electron chi connectivity index (χ4n) is 0.615. The Balaban J connectivity index is 2.94. The number of hydrogen-bond donors (Lipinski definition) is 0. The Hall–Kier alpha value is 0.258. The van der Waals surface area contributed by atoms with Gasteiger partial charge in [0.1, 0.15) is 0 Å². The zero-order chi connectivity index (χ0) is 6.69. The zero-order valence-electron chi connectivity index (χ0n) is 5.13. The van der Waals surface area contributed by atoms with Crippen LogP contribution in [0.3, 0.4) is 0 Å². The first-order chi connectivity index (χ1) is 4.33. The summed E-state index contributed by atoms with van der Waals surface area (Å²) in [5, 5.41) is 0. The van der Waals surface area contributed by atoms with Crippen molar-refractivity contribution in [1.29, 1.82) is 0 Å². The zero-order valence-corrected chi connectivity index (χ0v) is 8.60. The Morgan fingerprint density at radius 1 is 1.44 bits per heavy atom. The molecule has 1 radical (unpaired) electrons. The Labute approximate surface area is 70.5 Å². The van der Waals surface area contributed by atoms with Gasteiger partial charge in [0, 0.05) is 0 Å². The predicted molar refractivity (Wildman–Crippen MR) is 45.4 cm³/mol. The molecule has 0 unspecified atom stereocenters. The van der Waals surface area contributed by atoms with Gasteiger partial charge < -0.3 is 0 Å². The standard InChI is InChI=1S/C7H7AsBr/c1-8-6-3-2-4-7(9)5-6/h2-5H,1H3. The van der Waals surface area contributed by atoms with Crippen LogP contribution in [0.1, 0.15) is 0 Å². The van der Waals surface area contributed by atoms with E-state index in [1.54, 1.807) is 0 Å². The molecule has 0 aliphatic rings. The Morgan fingerprint density at radius 2 is 2.22 bits per heavy atom. The molecule has 0 heterocycles. The number of halogens is 1. The third-order valence-electron chi connectivity index (χ3n) is 1.07. The first-order valence-corrected chi connectivity index (χ1v) is 6.29. The minimum atomic E-state index is 0.388. The van der Waals surface area contributed by atoms with Crippen LogP contribution in [0.25, 0.3) is 0 Å². The summed E-state index contributed by atoms with van der Waals surface area (Å²) in [7, 11) is 0. The van der Waals surface area contributed by atoms with Crippen molar-refractivity contribution in [2.75, 3.05) is 0 Å². The second kappa shape index (κ2) is 3.43. The molecule has 0 saturated heterocycles. The molecular weight excluding hydrogens is 239 g/mol. The third-order valence-corrected chi connectivity index (χ3v) is 3.23. The van der Waals surface area contributed by atoms with Crippen molar-refractivity contribution in [2.24, 2.45) is 0 Å². The molecule has 0 atom stereocenters. The molecule has 0 aromatic heterocycles. The molecule has 0 aliphatic heterocycles. The van der Waals surface area contributed by atoms with E-state index in [9.17, 15) is 0 Å². The first-order valence-electron chi connectivity index (χ1n) is 2.68. The summed E-state index contributed by atoms with van der Waals surface area (Å²) >= 11 is 3.81. The molecule has 9 heavy (non-hydrogen) atoms. The maximum atomic E-state index is 3.42. The van der Waals surface area contributed by atoms with Gasteiger partial charge in [-0.05, 0) is 0 Å². The van der Waals surface area contributed by atoms with Gasteiger partial charge in [0.2, 0.25) is 0 Å². The van der Waals surface area contributed by atoms with E-state index in [0.29, 0.717) is 15.8 Å². The van der Waals surface area contributed by atoms with Crippen molar-refractivity contribution in [1.82, 2.24) is 0 Å². The van der Waals surface area contributed by atoms with E-state index in [4.69, 9.17) is 0 Å². The van der Waals surface area contributed by atoms with Crippen molar-refractivity contribution in [3.63, 3.8) is 0 Å². The molecule has 0 aliphatic carbocycles. The summed E-state index contributed by atoms with van der Waals surface area (Å²) in [6.07, 6.45) is 0. The van der Waals surface area contributed by atoms with Crippen LogP contribution < -0.4 is 4.35 Å². The van der Waals surface area contributed by atoms with Crippen LogP contribution in [0, 0.1) is 0 Å². The average molecular weight is 246 g/mol. The van der Waals surface area contributed by atoms with Gasteiger partial charge in [-0.1, -0.05) is 0 Å². The van der Waals surface area contributed by atoms with Gasteiger partial charge >= 0.3 is 70.5 Å². The minimum absolute atomic E-state index is 0.388. The van der Waals surface area contributed by atoms with Crippen molar-refractivity contribution >= 4 is 36.0 Å². The van der Waals surface area contributed by atoms with Gasteiger partial charge in [0.25, 0.3) is 0 Å². The topological polar surface area (TPSA) is 0 Å². The molecule has 0 spiro atoms. The van der Waals surface area contributed by atoms with Gasteiger partial charge in [-0.15, -0.1) is 0 Å². The molecule has 0 nitrogen and oxygen atoms in total. The van der Waals surface area contributed by atoms with Crippen LogP contribution in [0.5, 0.6) is 0 Å². The normalized spacial score (nSPS) is 10.9. The van der Waals surface area contributed by atoms with Crippen LogP contribution >= 0.6 is 15.9 Å². The maximum absolute atomic E-state index is 3.42. The predicted octanol–water partition coefficient (Wildman–Crippen LogP) is 1.83. The Bertz CT molecular complexity index is 198. The van der Waals surface area contributed by atoms with Crippen LogP contribution in [-0.4, -0.2) is 15.8 Å². The molecule has 1 aromatic carbocycles. The summed E-state index contributed by atoms with van der Waals surface area (Å²) in [5.41, 5.74) is 2.25. The molecule has 0 bridgehead atoms. The van der Waals surface area contributed by atoms with E-state index in [-0.39, 0.29) is 0 Å². The monoisotopic (exact) mass is 245 g/mol. The first kappa shape index (κ1) is 7.37. The SMILES string of the molecule is C[As]c1cccc(Br)c1. The van der Waals surface area contributed by atoms with E-state index in [1.165, 1.54) is 8.82 Å². The fraction of sp³-hybridized carbons (Fsp3) is 0.143. The molecule has 0 amide bonds. The van der Waals surface area contributed by atoms with Crippen molar-refractivity contribution < 1.29 is 0 Å². The van der Waals surface area contributed by atoms with E-state index in [2.05, 4.69) is 45.9 Å². The van der Waals surface area contributed by atoms with Crippen molar-refractivity contribution in [2.45, 2.75) is 5.71 Å². The number of rotatable bonds is 1. The average Bonchev–Trinajstić information content (AvgIpc) is 1.88. The van der Waals surface area contributed by atoms with Crippen LogP contribution in [0.2, 0.25) is 5.71 Å². The molecule has 0 saturated carbocycles. The third kappa shape index (κ3) is 2.15. The van der Waals surface area contributed by atoms with Crippen molar-refractivity contribution in [3.8, 4) is 0 Å². The van der Waals surface area contributed by atoms with E-state index >= 15 is 0 Å². The van der Waals surface area contributed by atoms with Gasteiger partial charge in [-0.3, -0.25) is 0 Å². The summed E-state index contributed by atoms with van der Waals surface area (Å²) in [4.78, 5) is 0. The summed E-state index contributed by atoms with van der Waals surface area (Å²) in [6, 6.07) is 8.49. The molecule has 2 heteroatoms. The molecule has 1 rings (SSSR count). The van der Waals surface area contributed by atoms with Gasteiger partial charge in [0.15, 0.2) is 0 Å². The second-order valence-electron chi connectivity index (χ2n) is 1.70. The van der Waals surface area contributed by atoms with Crippen LogP contribution in [-0.2, 0) is 0 Å².